The third-order valence-corrected chi connectivity index (χ3v) is 6.20. The van der Waals surface area contributed by atoms with Crippen LogP contribution in [0, 0.1) is 0 Å². The van der Waals surface area contributed by atoms with E-state index in [1.54, 1.807) is 0 Å². The molecule has 0 spiro atoms. The Morgan fingerprint density at radius 1 is 1.14 bits per heavy atom. The number of anilines is 2. The molecule has 29 heavy (non-hydrogen) atoms. The summed E-state index contributed by atoms with van der Waals surface area (Å²) in [4.78, 5) is 27.5. The number of nitrogens with one attached hydrogen (secondary N) is 2. The van der Waals surface area contributed by atoms with Crippen LogP contribution in [0.15, 0.2) is 30.3 Å². The highest BCUT2D eigenvalue weighted by atomic mass is 32.1. The Morgan fingerprint density at radius 3 is 2.45 bits per heavy atom. The average molecular weight is 432 g/mol. The van der Waals surface area contributed by atoms with E-state index in [-0.39, 0.29) is 5.91 Å². The molecule has 3 rings (SSSR count). The van der Waals surface area contributed by atoms with Crippen LogP contribution in [0.3, 0.4) is 0 Å². The Bertz CT molecular complexity index is 887. The monoisotopic (exact) mass is 431 g/mol. The minimum Gasteiger partial charge on any atom is -0.465 e. The van der Waals surface area contributed by atoms with E-state index in [1.807, 2.05) is 42.2 Å². The number of ether oxygens (including phenoxy) is 1. The van der Waals surface area contributed by atoms with Crippen molar-refractivity contribution in [2.75, 3.05) is 30.8 Å². The number of thiophene rings is 1. The van der Waals surface area contributed by atoms with Crippen LogP contribution in [-0.4, -0.2) is 42.1 Å². The molecule has 0 bridgehead atoms. The third-order valence-electron chi connectivity index (χ3n) is 4.80. The summed E-state index contributed by atoms with van der Waals surface area (Å²) in [5, 5.41) is 7.20. The second-order valence-electron chi connectivity index (χ2n) is 6.81. The highest BCUT2D eigenvalue weighted by molar-refractivity contribution is 7.80. The van der Waals surface area contributed by atoms with Crippen LogP contribution in [0.5, 0.6) is 0 Å². The fraction of sp³-hybridized carbons (Fsp3) is 0.381. The van der Waals surface area contributed by atoms with Crippen molar-refractivity contribution in [1.29, 1.82) is 0 Å². The summed E-state index contributed by atoms with van der Waals surface area (Å²) in [7, 11) is 1.36. The Morgan fingerprint density at radius 2 is 1.83 bits per heavy atom. The lowest BCUT2D eigenvalue weighted by Crippen LogP contribution is -2.35. The number of esters is 1. The van der Waals surface area contributed by atoms with Gasteiger partial charge in [-0.3, -0.25) is 4.79 Å². The summed E-state index contributed by atoms with van der Waals surface area (Å²) < 4.78 is 4.85. The van der Waals surface area contributed by atoms with Crippen LogP contribution in [-0.2, 0) is 11.2 Å². The van der Waals surface area contributed by atoms with Gasteiger partial charge in [0.15, 0.2) is 5.11 Å². The summed E-state index contributed by atoms with van der Waals surface area (Å²) >= 11 is 6.86. The number of piperidine rings is 1. The second-order valence-corrected chi connectivity index (χ2v) is 8.35. The van der Waals surface area contributed by atoms with Crippen LogP contribution in [0.4, 0.5) is 10.7 Å². The van der Waals surface area contributed by atoms with Crippen LogP contribution in [0.1, 0.15) is 51.8 Å². The number of hydrogen-bond donors (Lipinski definition) is 2. The number of carbonyl (C=O) groups is 2. The summed E-state index contributed by atoms with van der Waals surface area (Å²) in [6.07, 6.45) is 4.16. The lowest BCUT2D eigenvalue weighted by Gasteiger charge is -2.26. The zero-order valence-corrected chi connectivity index (χ0v) is 18.3. The van der Waals surface area contributed by atoms with Crippen LogP contribution < -0.4 is 10.6 Å². The van der Waals surface area contributed by atoms with Crippen molar-refractivity contribution in [3.05, 3.63) is 46.3 Å². The smallest absolute Gasteiger partial charge is 0.340 e. The molecule has 1 aliphatic heterocycles. The predicted octanol–water partition coefficient (Wildman–Crippen LogP) is 4.53. The van der Waals surface area contributed by atoms with E-state index in [2.05, 4.69) is 10.6 Å². The third kappa shape index (κ3) is 5.33. The molecule has 8 heteroatoms. The number of carbonyl (C=O) groups excluding carboxylic acids is 2. The Hall–Kier alpha value is -2.45. The molecule has 1 aliphatic rings. The molecule has 0 saturated carbocycles. The fourth-order valence-corrected chi connectivity index (χ4v) is 4.49. The number of benzene rings is 1. The molecule has 154 valence electrons. The molecule has 1 saturated heterocycles. The first-order chi connectivity index (χ1) is 14.0. The molecular formula is C21H25N3O3S2. The number of methoxy groups -OCH3 is 1. The first-order valence-electron chi connectivity index (χ1n) is 9.70. The van der Waals surface area contributed by atoms with Crippen LogP contribution in [0.25, 0.3) is 0 Å². The fourth-order valence-electron chi connectivity index (χ4n) is 3.21. The molecule has 2 aromatic rings. The Balaban J connectivity index is 1.63. The van der Waals surface area contributed by atoms with Gasteiger partial charge in [-0.05, 0) is 68.2 Å². The molecule has 0 aliphatic carbocycles. The van der Waals surface area contributed by atoms with Gasteiger partial charge in [-0.1, -0.05) is 6.92 Å². The number of nitrogens with zero attached hydrogens (tertiary/aromatic N) is 1. The van der Waals surface area contributed by atoms with Crippen LogP contribution >= 0.6 is 23.6 Å². The molecule has 0 radical (unpaired) electrons. The zero-order chi connectivity index (χ0) is 20.8. The topological polar surface area (TPSA) is 70.7 Å². The summed E-state index contributed by atoms with van der Waals surface area (Å²) in [6, 6.07) is 9.10. The minimum absolute atomic E-state index is 0.0744. The van der Waals surface area contributed by atoms with Crippen molar-refractivity contribution >= 4 is 51.2 Å². The summed E-state index contributed by atoms with van der Waals surface area (Å²) in [5.41, 5.74) is 1.92. The van der Waals surface area contributed by atoms with Crippen molar-refractivity contribution in [1.82, 2.24) is 4.90 Å². The van der Waals surface area contributed by atoms with E-state index in [9.17, 15) is 9.59 Å². The standard InChI is InChI=1S/C21H25N3O3S2/c1-3-16-13-17(20(26)27-2)18(29-16)23-21(28)22-15-9-7-14(8-10-15)19(25)24-11-5-4-6-12-24/h7-10,13H,3-6,11-12H2,1-2H3,(H2,22,23,28). The van der Waals surface area contributed by atoms with Gasteiger partial charge in [0.1, 0.15) is 5.00 Å². The quantitative estimate of drug-likeness (QED) is 0.535. The van der Waals surface area contributed by atoms with Gasteiger partial charge < -0.3 is 20.3 Å². The molecule has 0 unspecified atom stereocenters. The first-order valence-corrected chi connectivity index (χ1v) is 10.9. The Kier molecular flexibility index (Phi) is 7.22. The van der Waals surface area contributed by atoms with Crippen LogP contribution in [0.2, 0.25) is 0 Å². The van der Waals surface area contributed by atoms with Gasteiger partial charge in [-0.15, -0.1) is 11.3 Å². The molecule has 1 amide bonds. The van der Waals surface area contributed by atoms with E-state index < -0.39 is 5.97 Å². The van der Waals surface area contributed by atoms with Gasteiger partial charge in [0, 0.05) is 29.2 Å². The number of thiocarbonyl (C=S) groups is 1. The van der Waals surface area contributed by atoms with Gasteiger partial charge in [-0.2, -0.15) is 0 Å². The largest absolute Gasteiger partial charge is 0.465 e. The highest BCUT2D eigenvalue weighted by Crippen LogP contribution is 2.29. The van der Waals surface area contributed by atoms with Crippen molar-refractivity contribution in [3.63, 3.8) is 0 Å². The van der Waals surface area contributed by atoms with Gasteiger partial charge in [-0.25, -0.2) is 4.79 Å². The molecule has 1 aromatic carbocycles. The second kappa shape index (κ2) is 9.84. The van der Waals surface area contributed by atoms with Gasteiger partial charge >= 0.3 is 5.97 Å². The van der Waals surface area contributed by atoms with E-state index in [0.717, 1.165) is 42.9 Å². The summed E-state index contributed by atoms with van der Waals surface area (Å²) in [5.74, 6) is -0.322. The first kappa shape index (κ1) is 21.3. The average Bonchev–Trinajstić information content (AvgIpc) is 3.16. The molecule has 1 fully saturated rings. The lowest BCUT2D eigenvalue weighted by atomic mass is 10.1. The number of amides is 1. The number of hydrogen-bond acceptors (Lipinski definition) is 5. The predicted molar refractivity (Wildman–Crippen MR) is 121 cm³/mol. The number of aryl methyl sites for hydroxylation is 1. The normalized spacial score (nSPS) is 13.7. The molecular weight excluding hydrogens is 406 g/mol. The molecule has 1 aromatic heterocycles. The minimum atomic E-state index is -0.396. The molecule has 0 atom stereocenters. The van der Waals surface area contributed by atoms with Crippen molar-refractivity contribution in [3.8, 4) is 0 Å². The highest BCUT2D eigenvalue weighted by Gasteiger charge is 2.19. The molecule has 2 heterocycles. The van der Waals surface area contributed by atoms with E-state index in [1.165, 1.54) is 24.9 Å². The zero-order valence-electron chi connectivity index (χ0n) is 16.6. The maximum absolute atomic E-state index is 12.6. The van der Waals surface area contributed by atoms with Crippen molar-refractivity contribution in [2.24, 2.45) is 0 Å². The maximum Gasteiger partial charge on any atom is 0.340 e. The maximum atomic E-state index is 12.6. The van der Waals surface area contributed by atoms with Gasteiger partial charge in [0.05, 0.1) is 12.7 Å². The number of likely N-dealkylation sites (tertiary alicyclic amines) is 1. The van der Waals surface area contributed by atoms with E-state index >= 15 is 0 Å². The van der Waals surface area contributed by atoms with Gasteiger partial charge in [0.2, 0.25) is 0 Å². The molecule has 6 nitrogen and oxygen atoms in total. The Labute approximate surface area is 180 Å². The van der Waals surface area contributed by atoms with Crippen molar-refractivity contribution < 1.29 is 14.3 Å². The lowest BCUT2D eigenvalue weighted by molar-refractivity contribution is 0.0602. The van der Waals surface area contributed by atoms with Crippen molar-refractivity contribution in [2.45, 2.75) is 32.6 Å². The number of rotatable bonds is 5. The van der Waals surface area contributed by atoms with E-state index in [4.69, 9.17) is 17.0 Å². The van der Waals surface area contributed by atoms with E-state index in [0.29, 0.717) is 21.2 Å². The van der Waals surface area contributed by atoms with Gasteiger partial charge in [0.25, 0.3) is 5.91 Å². The molecule has 2 N–H and O–H groups in total. The SMILES string of the molecule is CCc1cc(C(=O)OC)c(NC(=S)Nc2ccc(C(=O)N3CCCCC3)cc2)s1. The summed E-state index contributed by atoms with van der Waals surface area (Å²) in [6.45, 7) is 3.69.